The van der Waals surface area contributed by atoms with E-state index in [0.717, 1.165) is 0 Å². The zero-order valence-corrected chi connectivity index (χ0v) is 81.8. The summed E-state index contributed by atoms with van der Waals surface area (Å²) in [7, 11) is 0. The monoisotopic (exact) mass is 1970 g/mol. The van der Waals surface area contributed by atoms with Gasteiger partial charge < -0.3 is 81.2 Å². The van der Waals surface area contributed by atoms with Crippen molar-refractivity contribution in [2.45, 2.75) is 59.6 Å². The van der Waals surface area contributed by atoms with E-state index in [0.29, 0.717) is 122 Å². The molecule has 0 atom stereocenters. The molecule has 8 heterocycles. The summed E-state index contributed by atoms with van der Waals surface area (Å²) >= 11 is 36.8. The molecule has 0 fully saturated rings. The summed E-state index contributed by atoms with van der Waals surface area (Å²) in [5.41, 5.74) is 8.22. The van der Waals surface area contributed by atoms with Crippen LogP contribution in [-0.4, -0.2) is 128 Å². The quantitative estimate of drug-likeness (QED) is 0.00691. The summed E-state index contributed by atoms with van der Waals surface area (Å²) in [6, 6.07) is 50.5. The number of thioether (sulfide) groups is 4. The second-order valence-electron chi connectivity index (χ2n) is 26.3. The average Bonchev–Trinajstić information content (AvgIpc) is 0.753. The van der Waals surface area contributed by atoms with Crippen molar-refractivity contribution >= 4 is 257 Å². The molecule has 0 unspecified atom stereocenters. The predicted molar refractivity (Wildman–Crippen MR) is 502 cm³/mol. The van der Waals surface area contributed by atoms with E-state index in [4.69, 9.17) is 73.2 Å². The van der Waals surface area contributed by atoms with Crippen molar-refractivity contribution in [3.8, 4) is 0 Å². The van der Waals surface area contributed by atoms with Crippen LogP contribution < -0.4 is 121 Å². The number of para-hydroxylation sites is 4. The number of carbonyl (C=O) groups excluding carboxylic acids is 3. The molecule has 0 aliphatic carbocycles. The minimum Gasteiger partial charge on any atom is -0.870 e. The fraction of sp³-hybridized carbons (Fsp3) is 0.136. The normalized spacial score (nSPS) is 10.4. The van der Waals surface area contributed by atoms with Crippen LogP contribution in [0.5, 0.6) is 0 Å². The van der Waals surface area contributed by atoms with E-state index < -0.39 is 41.9 Å². The Balaban J connectivity index is 0.000000296. The minimum atomic E-state index is -1.09. The maximum absolute atomic E-state index is 14.1. The molecule has 0 saturated heterocycles. The zero-order valence-electron chi connectivity index (χ0n) is 70.8. The number of nitrogens with zero attached hydrogens (tertiary/aromatic N) is 8. The summed E-state index contributed by atoms with van der Waals surface area (Å²) in [4.78, 5) is 120. The number of fused-ring (bicyclic) bond motifs is 8. The topological polar surface area (TPSA) is 430 Å². The SMILES string of the molecule is CCOC(=O)Cn1c2nc(Cl)ccc2c(=O)c2ccc(Cl)c(SC)c21.CCOC(=O)Cn1c2nc(Nc3ccccc3F)ccc2c(=O)c2ccc(Cl)c(SC)c21.CSc1c(Cl)ccc2c(=O)c3ccc(Nc4ccccc4F)nc3n(CC(=O)O)c12.CSc1c(Cl)ccc2c(=O)c3ccc(Nc4ccccc4F)nc3n(C[C-]=O)c12.Nc1ccccc1F.O.[Li+].[Na+].[Na+].[OH-].[OH-].[OH-]. The van der Waals surface area contributed by atoms with Crippen molar-refractivity contribution in [2.24, 2.45) is 0 Å². The van der Waals surface area contributed by atoms with Crippen LogP contribution in [0.2, 0.25) is 25.2 Å². The van der Waals surface area contributed by atoms with Gasteiger partial charge in [-0.25, -0.2) is 43.8 Å². The van der Waals surface area contributed by atoms with Crippen molar-refractivity contribution in [3.63, 3.8) is 0 Å². The predicted octanol–water partition coefficient (Wildman–Crippen LogP) is 10.4. The Morgan fingerprint density at radius 2 is 0.672 bits per heavy atom. The molecule has 8 aromatic heterocycles. The number of carboxylic acids is 1. The molecule has 0 radical (unpaired) electrons. The van der Waals surface area contributed by atoms with E-state index >= 15 is 0 Å². The number of nitrogen functional groups attached to an aromatic ring is 1. The summed E-state index contributed by atoms with van der Waals surface area (Å²) in [6.07, 6.45) is 9.21. The number of pyridine rings is 8. The number of benzene rings is 8. The van der Waals surface area contributed by atoms with Crippen LogP contribution in [0.4, 0.5) is 57.8 Å². The Bertz CT molecular complexity index is 7200. The number of hydrogen-bond donors (Lipinski definition) is 5. The summed E-state index contributed by atoms with van der Waals surface area (Å²) in [5, 5.41) is 23.3. The molecule has 666 valence electrons. The van der Waals surface area contributed by atoms with Gasteiger partial charge in [0.15, 0.2) is 21.7 Å². The molecule has 11 N–H and O–H groups in total. The fourth-order valence-corrected chi connectivity index (χ4v) is 17.7. The van der Waals surface area contributed by atoms with Gasteiger partial charge in [-0.05, 0) is 184 Å². The van der Waals surface area contributed by atoms with Crippen molar-refractivity contribution < 1.29 is 151 Å². The maximum atomic E-state index is 14.1. The van der Waals surface area contributed by atoms with Crippen molar-refractivity contribution in [3.05, 3.63) is 284 Å². The molecule has 0 amide bonds. The molecule has 27 nitrogen and oxygen atoms in total. The van der Waals surface area contributed by atoms with Crippen molar-refractivity contribution in [1.29, 1.82) is 0 Å². The summed E-state index contributed by atoms with van der Waals surface area (Å²) < 4.78 is 70.9. The molecule has 0 aliphatic rings. The molecule has 0 saturated carbocycles. The van der Waals surface area contributed by atoms with Gasteiger partial charge in [0.1, 0.15) is 88.1 Å². The van der Waals surface area contributed by atoms with Crippen LogP contribution in [0.15, 0.2) is 233 Å². The number of halogens is 9. The second kappa shape index (κ2) is 51.1. The number of hydrogen-bond acceptors (Lipinski definition) is 25. The first-order valence-corrected chi connectivity index (χ1v) is 43.8. The summed E-state index contributed by atoms with van der Waals surface area (Å²) in [6.45, 7) is 3.14. The van der Waals surface area contributed by atoms with Crippen LogP contribution in [0.25, 0.3) is 87.7 Å². The first kappa shape index (κ1) is 112. The third-order valence-corrected chi connectivity index (χ3v) is 23.9. The minimum absolute atomic E-state index is 0. The Labute approximate surface area is 841 Å². The van der Waals surface area contributed by atoms with Crippen LogP contribution in [0, 0.1) is 23.3 Å². The molecule has 0 bridgehead atoms. The molecule has 16 aromatic rings. The zero-order chi connectivity index (χ0) is 88.9. The third-order valence-electron chi connectivity index (χ3n) is 18.7. The van der Waals surface area contributed by atoms with E-state index in [9.17, 15) is 61.0 Å². The largest absolute Gasteiger partial charge is 1.00 e. The Morgan fingerprint density at radius 1 is 0.405 bits per heavy atom. The van der Waals surface area contributed by atoms with Gasteiger partial charge in [-0.3, -0.25) is 33.6 Å². The van der Waals surface area contributed by atoms with Gasteiger partial charge in [0.25, 0.3) is 0 Å². The van der Waals surface area contributed by atoms with E-state index in [1.165, 1.54) is 81.9 Å². The van der Waals surface area contributed by atoms with Gasteiger partial charge in [0, 0.05) is 21.5 Å². The van der Waals surface area contributed by atoms with Crippen molar-refractivity contribution in [1.82, 2.24) is 38.2 Å². The van der Waals surface area contributed by atoms with Crippen LogP contribution in [0.1, 0.15) is 13.8 Å². The number of aromatic nitrogens is 8. The Hall–Kier alpha value is -9.47. The first-order chi connectivity index (χ1) is 59.7. The van der Waals surface area contributed by atoms with E-state index in [2.05, 4.69) is 35.9 Å². The summed E-state index contributed by atoms with van der Waals surface area (Å²) in [5.74, 6) is -2.73. The molecular weight excluding hydrogens is 1900 g/mol. The number of aliphatic carboxylic acids is 1. The van der Waals surface area contributed by atoms with Gasteiger partial charge >= 0.3 is 95.9 Å². The van der Waals surface area contributed by atoms with Crippen LogP contribution in [-0.2, 0) is 54.8 Å². The van der Waals surface area contributed by atoms with Gasteiger partial charge in [0.05, 0.1) is 119 Å². The molecule has 8 aromatic carbocycles. The van der Waals surface area contributed by atoms with Gasteiger partial charge in [0.2, 0.25) is 0 Å². The van der Waals surface area contributed by atoms with E-state index in [1.54, 1.807) is 198 Å². The fourth-order valence-electron chi connectivity index (χ4n) is 13.3. The number of nitrogens with two attached hydrogens (primary N) is 1. The Morgan fingerprint density at radius 3 is 0.947 bits per heavy atom. The standard InChI is InChI=1S/C23H19ClFN3O3S.C21H15ClFN3O3S.C21H14ClFN3O2S.C17H14Cl2N2O3S.C6H6FN.Li.2Na.4H2O/c1-3-31-19(29)12-28-20-13(8-10-15(24)22(20)32-2)21(30)14-9-11-18(27-23(14)28)26-17-7-5-4-6-16(17)25;1-30-20-13(22)8-6-11-18(20)26(10-17(27)28)21-12(19(11)29)7-9-16(25-21)24-15-5-3-2-4-14(15)23;1-29-20-14(22)8-6-12-18(20)26(10-11-27)21-13(19(12)28)7-9-17(25-21)24-16-5-3-2-4-15(16)23;1-3-24-13(22)8-21-14-9(4-6-11(18)16(14)25-2)15(23)10-5-7-12(19)20-17(10)21;7-5-3-1-2-4-6(5)8;;;;;;;/h4-11H,3,12H2,1-2H3,(H,26,27);2-9H,10H2,1H3,(H,24,25)(H,27,28);2-9H,10H2,1H3,(H,24,25);4-7H,3,8H2,1-2H3;1-4H,8H2;;;;4*1H2/q;;-1;;;3*+1;;;;/p-3. The molecular formula is C88H73Cl5F4LiN12Na2O15S4-. The molecule has 0 aliphatic heterocycles. The maximum Gasteiger partial charge on any atom is 1.00 e. The molecule has 131 heavy (non-hydrogen) atoms. The molecule has 16 rings (SSSR count). The van der Waals surface area contributed by atoms with Gasteiger partial charge in [-0.15, -0.1) is 47.0 Å². The third kappa shape index (κ3) is 25.1. The number of carboxylic acid groups (broad SMARTS) is 1. The number of anilines is 7. The van der Waals surface area contributed by atoms with Gasteiger partial charge in [-0.2, -0.15) is 0 Å². The first-order valence-electron chi connectivity index (χ1n) is 37.0. The van der Waals surface area contributed by atoms with Crippen LogP contribution in [0.3, 0.4) is 0 Å². The van der Waals surface area contributed by atoms with Crippen molar-refractivity contribution in [2.75, 3.05) is 59.9 Å². The number of nitrogens with one attached hydrogen (secondary N) is 3. The molecule has 43 heteroatoms. The smallest absolute Gasteiger partial charge is 0.870 e. The number of ether oxygens (including phenoxy) is 2. The van der Waals surface area contributed by atoms with E-state index in [-0.39, 0.29) is 211 Å². The molecule has 0 spiro atoms. The number of carbonyl (C=O) groups is 3. The van der Waals surface area contributed by atoms with Crippen LogP contribution >= 0.6 is 105 Å². The number of rotatable bonds is 20. The average molecular weight is 1970 g/mol. The van der Waals surface area contributed by atoms with E-state index in [1.807, 2.05) is 25.1 Å². The second-order valence-corrected chi connectivity index (χ2v) is 31.5. The number of esters is 2. The van der Waals surface area contributed by atoms with Gasteiger partial charge in [-0.1, -0.05) is 113 Å². The Kier molecular flexibility index (Phi) is 43.7.